The van der Waals surface area contributed by atoms with Crippen LogP contribution in [0.5, 0.6) is 0 Å². The van der Waals surface area contributed by atoms with Gasteiger partial charge in [-0.15, -0.1) is 6.58 Å². The fourth-order valence-electron chi connectivity index (χ4n) is 6.80. The van der Waals surface area contributed by atoms with Crippen LogP contribution >= 0.6 is 0 Å². The van der Waals surface area contributed by atoms with E-state index in [0.717, 1.165) is 25.8 Å². The second-order valence-electron chi connectivity index (χ2n) is 9.88. The highest BCUT2D eigenvalue weighted by atomic mass is 19.3. The first kappa shape index (κ1) is 20.6. The first-order valence-corrected chi connectivity index (χ1v) is 11.3. The Hall–Kier alpha value is -2.25. The van der Waals surface area contributed by atoms with Crippen LogP contribution in [0.3, 0.4) is 0 Å². The highest BCUT2D eigenvalue weighted by Crippen LogP contribution is 2.77. The molecule has 168 valence electrons. The van der Waals surface area contributed by atoms with Crippen molar-refractivity contribution < 1.29 is 18.7 Å². The molecule has 0 aromatic carbocycles. The van der Waals surface area contributed by atoms with E-state index in [9.17, 15) is 18.7 Å². The number of halogens is 2. The number of hydrogen-bond acceptors (Lipinski definition) is 5. The predicted molar refractivity (Wildman–Crippen MR) is 114 cm³/mol. The first-order valence-electron chi connectivity index (χ1n) is 11.3. The number of carbonyl (C=O) groups is 1. The van der Waals surface area contributed by atoms with Gasteiger partial charge in [0.1, 0.15) is 11.5 Å². The molecule has 2 aliphatic heterocycles. The number of allylic oxidation sites excluding steroid dienone is 1. The SMILES string of the molecule is C=CC[C@]12CN(c3nc(N4CCC4C)nc4c3CCC4(F)F)C[C@@]1(CC)[C@@H]2CC(=O)O. The summed E-state index contributed by atoms with van der Waals surface area (Å²) < 4.78 is 29.4. The predicted octanol–water partition coefficient (Wildman–Crippen LogP) is 4.00. The lowest BCUT2D eigenvalue weighted by molar-refractivity contribution is -0.137. The van der Waals surface area contributed by atoms with Gasteiger partial charge in [0.05, 0.1) is 0 Å². The largest absolute Gasteiger partial charge is 0.481 e. The van der Waals surface area contributed by atoms with Gasteiger partial charge in [0, 0.05) is 49.5 Å². The van der Waals surface area contributed by atoms with E-state index in [-0.39, 0.29) is 47.7 Å². The fraction of sp³-hybridized carbons (Fsp3) is 0.696. The number of fused-ring (bicyclic) bond motifs is 2. The number of anilines is 2. The topological polar surface area (TPSA) is 69.6 Å². The smallest absolute Gasteiger partial charge is 0.303 e. The van der Waals surface area contributed by atoms with Gasteiger partial charge in [0.25, 0.3) is 5.92 Å². The van der Waals surface area contributed by atoms with Gasteiger partial charge < -0.3 is 14.9 Å². The van der Waals surface area contributed by atoms with Crippen LogP contribution in [0.2, 0.25) is 0 Å². The number of aromatic nitrogens is 2. The molecule has 2 aliphatic carbocycles. The molecule has 3 fully saturated rings. The number of carboxylic acids is 1. The van der Waals surface area contributed by atoms with Gasteiger partial charge in [-0.3, -0.25) is 4.79 Å². The lowest BCUT2D eigenvalue weighted by atomic mass is 9.91. The lowest BCUT2D eigenvalue weighted by Crippen LogP contribution is -2.47. The summed E-state index contributed by atoms with van der Waals surface area (Å²) in [6.45, 7) is 10.2. The highest BCUT2D eigenvalue weighted by molar-refractivity contribution is 5.69. The van der Waals surface area contributed by atoms with Crippen LogP contribution < -0.4 is 9.80 Å². The zero-order valence-corrected chi connectivity index (χ0v) is 18.2. The van der Waals surface area contributed by atoms with Gasteiger partial charge >= 0.3 is 5.97 Å². The molecule has 4 atom stereocenters. The van der Waals surface area contributed by atoms with Crippen molar-refractivity contribution in [1.29, 1.82) is 0 Å². The normalized spacial score (nSPS) is 34.8. The molecule has 0 bridgehead atoms. The second-order valence-corrected chi connectivity index (χ2v) is 9.88. The third-order valence-corrected chi connectivity index (χ3v) is 8.59. The minimum atomic E-state index is -2.92. The summed E-state index contributed by atoms with van der Waals surface area (Å²) in [5.41, 5.74) is 0.143. The van der Waals surface area contributed by atoms with Gasteiger partial charge in [0.15, 0.2) is 0 Å². The second kappa shape index (κ2) is 6.62. The molecule has 0 spiro atoms. The van der Waals surface area contributed by atoms with Crippen molar-refractivity contribution in [3.05, 3.63) is 23.9 Å². The van der Waals surface area contributed by atoms with Crippen LogP contribution in [-0.2, 0) is 17.1 Å². The van der Waals surface area contributed by atoms with E-state index in [4.69, 9.17) is 4.98 Å². The first-order chi connectivity index (χ1) is 14.7. The van der Waals surface area contributed by atoms with E-state index >= 15 is 0 Å². The van der Waals surface area contributed by atoms with Crippen LogP contribution in [0, 0.1) is 16.7 Å². The number of piperidine rings is 1. The Balaban J connectivity index is 1.54. The summed E-state index contributed by atoms with van der Waals surface area (Å²) in [7, 11) is 0. The molecule has 31 heavy (non-hydrogen) atoms. The minimum absolute atomic E-state index is 0.0861. The average Bonchev–Trinajstić information content (AvgIpc) is 2.95. The molecular weight excluding hydrogens is 402 g/mol. The molecule has 8 heteroatoms. The summed E-state index contributed by atoms with van der Waals surface area (Å²) in [5, 5.41) is 9.45. The zero-order chi connectivity index (χ0) is 22.2. The Kier molecular flexibility index (Phi) is 4.41. The number of carboxylic acid groups (broad SMARTS) is 1. The molecule has 0 amide bonds. The van der Waals surface area contributed by atoms with Crippen LogP contribution in [0.4, 0.5) is 20.5 Å². The number of hydrogen-bond donors (Lipinski definition) is 1. The number of rotatable bonds is 7. The maximum absolute atomic E-state index is 14.7. The van der Waals surface area contributed by atoms with Crippen molar-refractivity contribution in [3.8, 4) is 0 Å². The third-order valence-electron chi connectivity index (χ3n) is 8.59. The van der Waals surface area contributed by atoms with E-state index in [0.29, 0.717) is 30.4 Å². The van der Waals surface area contributed by atoms with Crippen LogP contribution in [0.1, 0.15) is 57.2 Å². The molecule has 4 aliphatic rings. The van der Waals surface area contributed by atoms with E-state index in [1.807, 2.05) is 11.0 Å². The van der Waals surface area contributed by atoms with Crippen molar-refractivity contribution in [3.63, 3.8) is 0 Å². The Morgan fingerprint density at radius 1 is 1.32 bits per heavy atom. The number of aliphatic carboxylic acids is 1. The molecule has 0 radical (unpaired) electrons. The standard InChI is InChI=1S/C23H30F2N4O2/c1-4-8-22-13-28(12-21(22,5-2)16(22)11-17(30)31)19-15-6-9-23(24,25)18(15)26-20(27-19)29-10-7-14(29)3/h4,14,16H,1,5-13H2,2-3H3,(H,30,31)/t14?,16-,21-,22+/m0/s1. The summed E-state index contributed by atoms with van der Waals surface area (Å²) in [6, 6.07) is 0.252. The number of nitrogens with zero attached hydrogens (tertiary/aromatic N) is 4. The molecule has 3 heterocycles. The third kappa shape index (κ3) is 2.69. The quantitative estimate of drug-likeness (QED) is 0.657. The molecule has 6 nitrogen and oxygen atoms in total. The van der Waals surface area contributed by atoms with Gasteiger partial charge in [-0.1, -0.05) is 13.0 Å². The summed E-state index contributed by atoms with van der Waals surface area (Å²) >= 11 is 0. The summed E-state index contributed by atoms with van der Waals surface area (Å²) in [6.07, 6.45) is 4.66. The Morgan fingerprint density at radius 3 is 2.65 bits per heavy atom. The van der Waals surface area contributed by atoms with Gasteiger partial charge in [-0.05, 0) is 43.9 Å². The Bertz CT molecular complexity index is 954. The molecule has 1 unspecified atom stereocenters. The van der Waals surface area contributed by atoms with Gasteiger partial charge in [-0.2, -0.15) is 13.8 Å². The van der Waals surface area contributed by atoms with Crippen molar-refractivity contribution >= 4 is 17.7 Å². The lowest BCUT2D eigenvalue weighted by Gasteiger charge is -2.39. The molecule has 1 aromatic heterocycles. The maximum Gasteiger partial charge on any atom is 0.303 e. The minimum Gasteiger partial charge on any atom is -0.481 e. The molecule has 5 rings (SSSR count). The summed E-state index contributed by atoms with van der Waals surface area (Å²) in [5.74, 6) is -2.58. The fourth-order valence-corrected chi connectivity index (χ4v) is 6.80. The average molecular weight is 433 g/mol. The molecule has 2 saturated heterocycles. The molecule has 1 N–H and O–H groups in total. The van der Waals surface area contributed by atoms with Gasteiger partial charge in [-0.25, -0.2) is 4.98 Å². The molecular formula is C23H30F2N4O2. The van der Waals surface area contributed by atoms with Crippen molar-refractivity contribution in [1.82, 2.24) is 9.97 Å². The van der Waals surface area contributed by atoms with E-state index in [2.05, 4.69) is 30.3 Å². The maximum atomic E-state index is 14.7. The zero-order valence-electron chi connectivity index (χ0n) is 18.2. The monoisotopic (exact) mass is 432 g/mol. The van der Waals surface area contributed by atoms with E-state index in [1.54, 1.807) is 0 Å². The summed E-state index contributed by atoms with van der Waals surface area (Å²) in [4.78, 5) is 24.8. The van der Waals surface area contributed by atoms with E-state index < -0.39 is 11.9 Å². The van der Waals surface area contributed by atoms with E-state index in [1.165, 1.54) is 0 Å². The van der Waals surface area contributed by atoms with Crippen LogP contribution in [0.25, 0.3) is 0 Å². The number of alkyl halides is 2. The molecule has 1 aromatic rings. The highest BCUT2D eigenvalue weighted by Gasteiger charge is 2.78. The van der Waals surface area contributed by atoms with Crippen molar-refractivity contribution in [2.24, 2.45) is 16.7 Å². The van der Waals surface area contributed by atoms with Gasteiger partial charge in [0.2, 0.25) is 5.95 Å². The van der Waals surface area contributed by atoms with Crippen molar-refractivity contribution in [2.45, 2.75) is 64.3 Å². The van der Waals surface area contributed by atoms with Crippen LogP contribution in [-0.4, -0.2) is 46.7 Å². The van der Waals surface area contributed by atoms with Crippen molar-refractivity contribution in [2.75, 3.05) is 29.4 Å². The molecule has 1 saturated carbocycles. The van der Waals surface area contributed by atoms with Crippen LogP contribution in [0.15, 0.2) is 12.7 Å². The Morgan fingerprint density at radius 2 is 2.06 bits per heavy atom. The Labute approximate surface area is 181 Å².